The van der Waals surface area contributed by atoms with Crippen LogP contribution in [0.15, 0.2) is 18.2 Å². The van der Waals surface area contributed by atoms with Gasteiger partial charge in [-0.25, -0.2) is 0 Å². The zero-order valence-electron chi connectivity index (χ0n) is 7.70. The molecule has 1 aromatic rings. The van der Waals surface area contributed by atoms with Gasteiger partial charge in [0, 0.05) is 11.5 Å². The summed E-state index contributed by atoms with van der Waals surface area (Å²) in [4.78, 5) is 11.0. The Morgan fingerprint density at radius 1 is 1.47 bits per heavy atom. The summed E-state index contributed by atoms with van der Waals surface area (Å²) in [6.07, 6.45) is 0. The first-order valence-corrected chi connectivity index (χ1v) is 4.26. The van der Waals surface area contributed by atoms with E-state index in [1.54, 1.807) is 24.3 Å². The minimum absolute atomic E-state index is 0.0379. The smallest absolute Gasteiger partial charge is 0.262 e. The maximum absolute atomic E-state index is 11.0. The van der Waals surface area contributed by atoms with E-state index in [4.69, 9.17) is 10.00 Å². The van der Waals surface area contributed by atoms with Gasteiger partial charge in [-0.15, -0.1) is 0 Å². The van der Waals surface area contributed by atoms with Crippen LogP contribution in [0.25, 0.3) is 0 Å². The lowest BCUT2D eigenvalue weighted by Gasteiger charge is -2.17. The summed E-state index contributed by atoms with van der Waals surface area (Å²) in [5.41, 5.74) is 1.26. The maximum Gasteiger partial charge on any atom is 0.262 e. The number of carbonyl (C=O) groups is 1. The highest BCUT2D eigenvalue weighted by Crippen LogP contribution is 2.27. The second-order valence-electron chi connectivity index (χ2n) is 2.91. The Labute approximate surface area is 86.5 Å². The molecule has 0 bridgehead atoms. The summed E-state index contributed by atoms with van der Waals surface area (Å²) >= 11 is 0. The monoisotopic (exact) mass is 198 g/mol. The highest BCUT2D eigenvalue weighted by atomic mass is 16.5. The van der Waals surface area contributed by atoms with Crippen LogP contribution in [0.3, 0.4) is 0 Å². The first-order valence-electron chi connectivity index (χ1n) is 4.26. The van der Waals surface area contributed by atoms with Crippen molar-refractivity contribution in [2.24, 2.45) is 0 Å². The molecule has 0 radical (unpaired) electrons. The second kappa shape index (κ2) is 3.73. The molecule has 0 spiro atoms. The van der Waals surface area contributed by atoms with Gasteiger partial charge < -0.3 is 10.1 Å². The Morgan fingerprint density at radius 3 is 3.13 bits per heavy atom. The minimum atomic E-state index is -0.187. The van der Waals surface area contributed by atoms with E-state index in [2.05, 4.69) is 17.2 Å². The van der Waals surface area contributed by atoms with Crippen LogP contribution >= 0.6 is 0 Å². The van der Waals surface area contributed by atoms with Crippen LogP contribution < -0.4 is 10.1 Å². The third-order valence-electron chi connectivity index (χ3n) is 1.88. The largest absolute Gasteiger partial charge is 0.482 e. The summed E-state index contributed by atoms with van der Waals surface area (Å²) < 4.78 is 5.17. The van der Waals surface area contributed by atoms with Gasteiger partial charge in [0.2, 0.25) is 0 Å². The third-order valence-corrected chi connectivity index (χ3v) is 1.88. The Bertz CT molecular complexity index is 518. The van der Waals surface area contributed by atoms with E-state index in [1.165, 1.54) is 0 Å². The van der Waals surface area contributed by atoms with Gasteiger partial charge in [-0.1, -0.05) is 5.92 Å². The van der Waals surface area contributed by atoms with Gasteiger partial charge >= 0.3 is 0 Å². The van der Waals surface area contributed by atoms with E-state index >= 15 is 0 Å². The van der Waals surface area contributed by atoms with Gasteiger partial charge in [0.05, 0.1) is 5.69 Å². The van der Waals surface area contributed by atoms with E-state index in [-0.39, 0.29) is 12.5 Å². The van der Waals surface area contributed by atoms with Crippen molar-refractivity contribution in [3.8, 4) is 23.7 Å². The van der Waals surface area contributed by atoms with Gasteiger partial charge in [0.25, 0.3) is 5.91 Å². The van der Waals surface area contributed by atoms with Crippen molar-refractivity contribution in [1.29, 1.82) is 5.26 Å². The van der Waals surface area contributed by atoms with E-state index in [1.807, 2.05) is 0 Å². The van der Waals surface area contributed by atoms with Gasteiger partial charge in [-0.2, -0.15) is 5.26 Å². The molecule has 72 valence electrons. The molecule has 2 rings (SSSR count). The molecular formula is C11H6N2O2. The van der Waals surface area contributed by atoms with E-state index in [0.29, 0.717) is 17.0 Å². The molecule has 1 heterocycles. The standard InChI is InChI=1S/C11H6N2O2/c12-5-1-2-8-3-4-10-9(6-8)13-11(14)7-15-10/h3-4,6H,7H2,(H,13,14). The Balaban J connectivity index is 2.37. The summed E-state index contributed by atoms with van der Waals surface area (Å²) in [6.45, 7) is 0.0379. The zero-order chi connectivity index (χ0) is 10.7. The van der Waals surface area contributed by atoms with Gasteiger partial charge in [-0.05, 0) is 18.2 Å². The third kappa shape index (κ3) is 1.90. The molecule has 1 aliphatic heterocycles. The summed E-state index contributed by atoms with van der Waals surface area (Å²) in [6, 6.07) is 6.86. The summed E-state index contributed by atoms with van der Waals surface area (Å²) in [5, 5.41) is 11.0. The van der Waals surface area contributed by atoms with Crippen LogP contribution in [-0.4, -0.2) is 12.5 Å². The SMILES string of the molecule is N#CC#Cc1ccc2c(c1)NC(=O)CO2. The predicted octanol–water partition coefficient (Wildman–Crippen LogP) is 0.893. The topological polar surface area (TPSA) is 62.1 Å². The summed E-state index contributed by atoms with van der Waals surface area (Å²) in [5.74, 6) is 5.36. The Kier molecular flexibility index (Phi) is 2.26. The highest BCUT2D eigenvalue weighted by molar-refractivity contribution is 5.95. The average molecular weight is 198 g/mol. The van der Waals surface area contributed by atoms with Gasteiger partial charge in [-0.3, -0.25) is 4.79 Å². The first kappa shape index (κ1) is 9.11. The average Bonchev–Trinajstić information content (AvgIpc) is 2.25. The van der Waals surface area contributed by atoms with Crippen molar-refractivity contribution in [2.75, 3.05) is 11.9 Å². The van der Waals surface area contributed by atoms with Crippen molar-refractivity contribution in [3.63, 3.8) is 0 Å². The fraction of sp³-hybridized carbons (Fsp3) is 0.0909. The van der Waals surface area contributed by atoms with Crippen molar-refractivity contribution in [2.45, 2.75) is 0 Å². The Hall–Kier alpha value is -2.46. The minimum Gasteiger partial charge on any atom is -0.482 e. The van der Waals surface area contributed by atoms with Crippen LogP contribution in [-0.2, 0) is 4.79 Å². The molecule has 1 aromatic carbocycles. The number of nitrogens with one attached hydrogen (secondary N) is 1. The van der Waals surface area contributed by atoms with E-state index < -0.39 is 0 Å². The molecule has 0 aliphatic carbocycles. The lowest BCUT2D eigenvalue weighted by molar-refractivity contribution is -0.118. The highest BCUT2D eigenvalue weighted by Gasteiger charge is 2.15. The Morgan fingerprint density at radius 2 is 2.33 bits per heavy atom. The number of nitrogens with zero attached hydrogens (tertiary/aromatic N) is 1. The van der Waals surface area contributed by atoms with Crippen molar-refractivity contribution >= 4 is 11.6 Å². The molecule has 0 fully saturated rings. The van der Waals surface area contributed by atoms with Crippen molar-refractivity contribution < 1.29 is 9.53 Å². The predicted molar refractivity (Wildman–Crippen MR) is 53.1 cm³/mol. The normalized spacial score (nSPS) is 12.3. The zero-order valence-corrected chi connectivity index (χ0v) is 7.70. The molecule has 0 atom stereocenters. The fourth-order valence-electron chi connectivity index (χ4n) is 1.26. The first-order chi connectivity index (χ1) is 7.29. The number of nitriles is 1. The maximum atomic E-state index is 11.0. The van der Waals surface area contributed by atoms with Crippen LogP contribution in [0.2, 0.25) is 0 Å². The van der Waals surface area contributed by atoms with E-state index in [9.17, 15) is 4.79 Å². The van der Waals surface area contributed by atoms with Crippen LogP contribution in [0.5, 0.6) is 5.75 Å². The molecule has 0 unspecified atom stereocenters. The number of carbonyl (C=O) groups excluding carboxylic acids is 1. The summed E-state index contributed by atoms with van der Waals surface area (Å²) in [7, 11) is 0. The number of hydrogen-bond acceptors (Lipinski definition) is 3. The quantitative estimate of drug-likeness (QED) is 0.630. The van der Waals surface area contributed by atoms with Gasteiger partial charge in [0.15, 0.2) is 12.7 Å². The number of benzene rings is 1. The molecule has 4 heteroatoms. The molecule has 4 nitrogen and oxygen atoms in total. The molecule has 15 heavy (non-hydrogen) atoms. The number of amides is 1. The lowest BCUT2D eigenvalue weighted by Crippen LogP contribution is -2.25. The van der Waals surface area contributed by atoms with Gasteiger partial charge in [0.1, 0.15) is 5.75 Å². The van der Waals surface area contributed by atoms with E-state index in [0.717, 1.165) is 0 Å². The number of rotatable bonds is 0. The molecular weight excluding hydrogens is 192 g/mol. The molecule has 1 aliphatic rings. The molecule has 0 saturated heterocycles. The van der Waals surface area contributed by atoms with Crippen LogP contribution in [0.4, 0.5) is 5.69 Å². The molecule has 0 saturated carbocycles. The lowest BCUT2D eigenvalue weighted by atomic mass is 10.1. The fourth-order valence-corrected chi connectivity index (χ4v) is 1.26. The van der Waals surface area contributed by atoms with Crippen molar-refractivity contribution in [1.82, 2.24) is 0 Å². The molecule has 1 amide bonds. The number of hydrogen-bond donors (Lipinski definition) is 1. The number of anilines is 1. The molecule has 0 aromatic heterocycles. The second-order valence-corrected chi connectivity index (χ2v) is 2.91. The van der Waals surface area contributed by atoms with Crippen molar-refractivity contribution in [3.05, 3.63) is 23.8 Å². The van der Waals surface area contributed by atoms with Crippen LogP contribution in [0.1, 0.15) is 5.56 Å². The number of ether oxygens (including phenoxy) is 1. The molecule has 1 N–H and O–H groups in total. The number of fused-ring (bicyclic) bond motifs is 1. The van der Waals surface area contributed by atoms with Crippen LogP contribution in [0, 0.1) is 23.2 Å².